The van der Waals surface area contributed by atoms with Gasteiger partial charge in [-0.1, -0.05) is 12.5 Å². The number of aryl methyl sites for hydroxylation is 1. The van der Waals surface area contributed by atoms with Crippen LogP contribution < -0.4 is 5.32 Å². The summed E-state index contributed by atoms with van der Waals surface area (Å²) in [6, 6.07) is 5.24. The first-order chi connectivity index (χ1) is 8.58. The molecule has 0 radical (unpaired) electrons. The van der Waals surface area contributed by atoms with Gasteiger partial charge in [-0.2, -0.15) is 0 Å². The SMILES string of the molecule is Cc1ccc(C(=O)O)c(NCC2CCCC2O)c1. The number of anilines is 1. The van der Waals surface area contributed by atoms with Gasteiger partial charge in [0.2, 0.25) is 0 Å². The predicted octanol–water partition coefficient (Wildman–Crippen LogP) is 2.27. The molecule has 1 saturated carbocycles. The molecule has 0 saturated heterocycles. The van der Waals surface area contributed by atoms with E-state index in [2.05, 4.69) is 5.32 Å². The Morgan fingerprint density at radius 3 is 2.83 bits per heavy atom. The zero-order chi connectivity index (χ0) is 13.1. The standard InChI is InChI=1S/C14H19NO3/c1-9-5-6-11(14(17)18)12(7-9)15-8-10-3-2-4-13(10)16/h5-7,10,13,15-16H,2-4,8H2,1H3,(H,17,18). The first kappa shape index (κ1) is 12.9. The summed E-state index contributed by atoms with van der Waals surface area (Å²) < 4.78 is 0. The molecule has 2 rings (SSSR count). The second-order valence-corrected chi connectivity index (χ2v) is 4.99. The maximum Gasteiger partial charge on any atom is 0.337 e. The van der Waals surface area contributed by atoms with E-state index in [1.807, 2.05) is 13.0 Å². The molecule has 98 valence electrons. The van der Waals surface area contributed by atoms with E-state index >= 15 is 0 Å². The highest BCUT2D eigenvalue weighted by Gasteiger charge is 2.25. The fourth-order valence-corrected chi connectivity index (χ4v) is 2.49. The van der Waals surface area contributed by atoms with E-state index in [4.69, 9.17) is 5.11 Å². The maximum absolute atomic E-state index is 11.1. The molecule has 0 heterocycles. The van der Waals surface area contributed by atoms with Crippen molar-refractivity contribution in [2.45, 2.75) is 32.3 Å². The van der Waals surface area contributed by atoms with Crippen LogP contribution in [-0.4, -0.2) is 28.8 Å². The summed E-state index contributed by atoms with van der Waals surface area (Å²) in [4.78, 5) is 11.1. The third-order valence-corrected chi connectivity index (χ3v) is 3.58. The van der Waals surface area contributed by atoms with Gasteiger partial charge in [-0.05, 0) is 37.5 Å². The van der Waals surface area contributed by atoms with E-state index in [9.17, 15) is 9.90 Å². The molecule has 2 atom stereocenters. The highest BCUT2D eigenvalue weighted by atomic mass is 16.4. The Morgan fingerprint density at radius 1 is 1.44 bits per heavy atom. The van der Waals surface area contributed by atoms with Crippen molar-refractivity contribution >= 4 is 11.7 Å². The van der Waals surface area contributed by atoms with Crippen LogP contribution in [0.15, 0.2) is 18.2 Å². The number of benzene rings is 1. The number of hydrogen-bond donors (Lipinski definition) is 3. The summed E-state index contributed by atoms with van der Waals surface area (Å²) in [5, 5.41) is 22.0. The van der Waals surface area contributed by atoms with Gasteiger partial charge < -0.3 is 15.5 Å². The lowest BCUT2D eigenvalue weighted by molar-refractivity contribution is 0.0698. The summed E-state index contributed by atoms with van der Waals surface area (Å²) in [7, 11) is 0. The number of aromatic carboxylic acids is 1. The van der Waals surface area contributed by atoms with Crippen molar-refractivity contribution in [2.75, 3.05) is 11.9 Å². The summed E-state index contributed by atoms with van der Waals surface area (Å²) in [5.41, 5.74) is 1.95. The van der Waals surface area contributed by atoms with Crippen molar-refractivity contribution in [2.24, 2.45) is 5.92 Å². The monoisotopic (exact) mass is 249 g/mol. The number of carboxylic acid groups (broad SMARTS) is 1. The molecule has 0 aliphatic heterocycles. The fourth-order valence-electron chi connectivity index (χ4n) is 2.49. The zero-order valence-electron chi connectivity index (χ0n) is 10.5. The molecule has 0 spiro atoms. The lowest BCUT2D eigenvalue weighted by Gasteiger charge is -2.17. The van der Waals surface area contributed by atoms with Crippen molar-refractivity contribution in [1.29, 1.82) is 0 Å². The average molecular weight is 249 g/mol. The molecule has 1 fully saturated rings. The molecule has 1 aliphatic carbocycles. The van der Waals surface area contributed by atoms with Gasteiger partial charge in [-0.3, -0.25) is 0 Å². The Labute approximate surface area is 107 Å². The average Bonchev–Trinajstić information content (AvgIpc) is 2.72. The second-order valence-electron chi connectivity index (χ2n) is 4.99. The van der Waals surface area contributed by atoms with Gasteiger partial charge >= 0.3 is 5.97 Å². The van der Waals surface area contributed by atoms with Crippen LogP contribution in [0.1, 0.15) is 35.2 Å². The van der Waals surface area contributed by atoms with Gasteiger partial charge in [-0.15, -0.1) is 0 Å². The van der Waals surface area contributed by atoms with Crippen LogP contribution in [0.4, 0.5) is 5.69 Å². The molecule has 0 aromatic heterocycles. The molecule has 1 aromatic rings. The highest BCUT2D eigenvalue weighted by Crippen LogP contribution is 2.26. The molecular weight excluding hydrogens is 230 g/mol. The minimum Gasteiger partial charge on any atom is -0.478 e. The maximum atomic E-state index is 11.1. The summed E-state index contributed by atoms with van der Waals surface area (Å²) in [6.45, 7) is 2.56. The number of nitrogens with one attached hydrogen (secondary N) is 1. The van der Waals surface area contributed by atoms with Crippen molar-refractivity contribution < 1.29 is 15.0 Å². The van der Waals surface area contributed by atoms with Gasteiger partial charge in [0.25, 0.3) is 0 Å². The minimum atomic E-state index is -0.926. The van der Waals surface area contributed by atoms with Crippen LogP contribution in [0.2, 0.25) is 0 Å². The Kier molecular flexibility index (Phi) is 3.87. The van der Waals surface area contributed by atoms with Crippen LogP contribution in [0, 0.1) is 12.8 Å². The number of aliphatic hydroxyl groups excluding tert-OH is 1. The van der Waals surface area contributed by atoms with Crippen molar-refractivity contribution in [3.8, 4) is 0 Å². The van der Waals surface area contributed by atoms with E-state index in [0.29, 0.717) is 12.2 Å². The molecule has 1 aromatic carbocycles. The van der Waals surface area contributed by atoms with Crippen molar-refractivity contribution in [1.82, 2.24) is 0 Å². The molecular formula is C14H19NO3. The lowest BCUT2D eigenvalue weighted by atomic mass is 10.0. The largest absolute Gasteiger partial charge is 0.478 e. The van der Waals surface area contributed by atoms with Crippen LogP contribution in [0.3, 0.4) is 0 Å². The smallest absolute Gasteiger partial charge is 0.337 e. The topological polar surface area (TPSA) is 69.6 Å². The van der Waals surface area contributed by atoms with E-state index in [0.717, 1.165) is 24.8 Å². The van der Waals surface area contributed by atoms with Gasteiger partial charge in [0, 0.05) is 18.2 Å². The molecule has 0 bridgehead atoms. The molecule has 4 heteroatoms. The third kappa shape index (κ3) is 2.82. The van der Waals surface area contributed by atoms with Crippen LogP contribution >= 0.6 is 0 Å². The van der Waals surface area contributed by atoms with E-state index < -0.39 is 5.97 Å². The van der Waals surface area contributed by atoms with Crippen molar-refractivity contribution in [3.05, 3.63) is 29.3 Å². The lowest BCUT2D eigenvalue weighted by Crippen LogP contribution is -2.22. The fraction of sp³-hybridized carbons (Fsp3) is 0.500. The molecule has 18 heavy (non-hydrogen) atoms. The van der Waals surface area contributed by atoms with E-state index in [1.165, 1.54) is 0 Å². The van der Waals surface area contributed by atoms with Crippen LogP contribution in [-0.2, 0) is 0 Å². The van der Waals surface area contributed by atoms with E-state index in [-0.39, 0.29) is 17.6 Å². The summed E-state index contributed by atoms with van der Waals surface area (Å²) in [6.07, 6.45) is 2.65. The number of carbonyl (C=O) groups is 1. The Bertz CT molecular complexity index is 445. The van der Waals surface area contributed by atoms with Crippen molar-refractivity contribution in [3.63, 3.8) is 0 Å². The Balaban J connectivity index is 2.08. The first-order valence-corrected chi connectivity index (χ1v) is 6.34. The number of aliphatic hydroxyl groups is 1. The Hall–Kier alpha value is -1.55. The Morgan fingerprint density at radius 2 is 2.22 bits per heavy atom. The number of hydrogen-bond acceptors (Lipinski definition) is 3. The first-order valence-electron chi connectivity index (χ1n) is 6.34. The molecule has 3 N–H and O–H groups in total. The third-order valence-electron chi connectivity index (χ3n) is 3.58. The predicted molar refractivity (Wildman–Crippen MR) is 70.0 cm³/mol. The van der Waals surface area contributed by atoms with Gasteiger partial charge in [-0.25, -0.2) is 4.79 Å². The zero-order valence-corrected chi connectivity index (χ0v) is 10.5. The van der Waals surface area contributed by atoms with Crippen LogP contribution in [0.5, 0.6) is 0 Å². The number of rotatable bonds is 4. The molecule has 0 amide bonds. The van der Waals surface area contributed by atoms with Gasteiger partial charge in [0.05, 0.1) is 11.7 Å². The molecule has 4 nitrogen and oxygen atoms in total. The molecule has 1 aliphatic rings. The number of carboxylic acids is 1. The quantitative estimate of drug-likeness (QED) is 0.765. The van der Waals surface area contributed by atoms with Crippen LogP contribution in [0.25, 0.3) is 0 Å². The summed E-state index contributed by atoms with van der Waals surface area (Å²) in [5.74, 6) is -0.698. The highest BCUT2D eigenvalue weighted by molar-refractivity contribution is 5.94. The second kappa shape index (κ2) is 5.40. The normalized spacial score (nSPS) is 23.0. The minimum absolute atomic E-state index is 0.229. The summed E-state index contributed by atoms with van der Waals surface area (Å²) >= 11 is 0. The van der Waals surface area contributed by atoms with E-state index in [1.54, 1.807) is 12.1 Å². The van der Waals surface area contributed by atoms with Gasteiger partial charge in [0.1, 0.15) is 0 Å². The van der Waals surface area contributed by atoms with Gasteiger partial charge in [0.15, 0.2) is 0 Å². The molecule has 2 unspecified atom stereocenters.